The summed E-state index contributed by atoms with van der Waals surface area (Å²) in [6.07, 6.45) is 0.238. The zero-order valence-electron chi connectivity index (χ0n) is 13.5. The van der Waals surface area contributed by atoms with E-state index in [1.807, 2.05) is 49.4 Å². The van der Waals surface area contributed by atoms with Crippen LogP contribution in [0.2, 0.25) is 5.02 Å². The Morgan fingerprint density at radius 3 is 2.62 bits per heavy atom. The van der Waals surface area contributed by atoms with Crippen molar-refractivity contribution in [1.82, 2.24) is 5.32 Å². The molecule has 0 bridgehead atoms. The molecule has 0 aromatic heterocycles. The number of carbonyl (C=O) groups excluding carboxylic acids is 2. The van der Waals surface area contributed by atoms with Gasteiger partial charge in [-0.1, -0.05) is 47.5 Å². The first kappa shape index (κ1) is 16.5. The van der Waals surface area contributed by atoms with E-state index in [0.717, 1.165) is 16.8 Å². The number of nitrogens with zero attached hydrogens (tertiary/aromatic N) is 1. The maximum Gasteiger partial charge on any atom is 0.227 e. The molecule has 2 aromatic carbocycles. The summed E-state index contributed by atoms with van der Waals surface area (Å²) in [6.45, 7) is 2.78. The third kappa shape index (κ3) is 3.60. The van der Waals surface area contributed by atoms with E-state index in [4.69, 9.17) is 11.6 Å². The van der Waals surface area contributed by atoms with Crippen LogP contribution in [0.25, 0.3) is 0 Å². The van der Waals surface area contributed by atoms with Crippen molar-refractivity contribution in [2.24, 2.45) is 5.92 Å². The summed E-state index contributed by atoms with van der Waals surface area (Å²) >= 11 is 6.09. The van der Waals surface area contributed by atoms with Crippen LogP contribution < -0.4 is 10.2 Å². The third-order valence-corrected chi connectivity index (χ3v) is 4.62. The van der Waals surface area contributed by atoms with Crippen LogP contribution in [0.15, 0.2) is 48.5 Å². The summed E-state index contributed by atoms with van der Waals surface area (Å²) in [4.78, 5) is 26.3. The zero-order valence-corrected chi connectivity index (χ0v) is 14.2. The minimum Gasteiger partial charge on any atom is -0.352 e. The predicted octanol–water partition coefficient (Wildman–Crippen LogP) is 3.32. The van der Waals surface area contributed by atoms with E-state index in [0.29, 0.717) is 18.1 Å². The second-order valence-corrected chi connectivity index (χ2v) is 6.46. The number of aryl methyl sites for hydroxylation is 1. The Kier molecular flexibility index (Phi) is 4.86. The van der Waals surface area contributed by atoms with Crippen LogP contribution in [0, 0.1) is 12.8 Å². The Morgan fingerprint density at radius 2 is 1.92 bits per heavy atom. The van der Waals surface area contributed by atoms with Crippen molar-refractivity contribution < 1.29 is 9.59 Å². The largest absolute Gasteiger partial charge is 0.352 e. The average molecular weight is 343 g/mol. The zero-order chi connectivity index (χ0) is 17.1. The van der Waals surface area contributed by atoms with E-state index >= 15 is 0 Å². The van der Waals surface area contributed by atoms with E-state index < -0.39 is 0 Å². The lowest BCUT2D eigenvalue weighted by molar-refractivity contribution is -0.126. The molecule has 2 amide bonds. The van der Waals surface area contributed by atoms with Crippen LogP contribution in [-0.4, -0.2) is 18.4 Å². The molecule has 1 aliphatic heterocycles. The van der Waals surface area contributed by atoms with Crippen molar-refractivity contribution in [3.8, 4) is 0 Å². The summed E-state index contributed by atoms with van der Waals surface area (Å²) in [5, 5.41) is 3.51. The van der Waals surface area contributed by atoms with Gasteiger partial charge < -0.3 is 10.2 Å². The summed E-state index contributed by atoms with van der Waals surface area (Å²) < 4.78 is 0. The van der Waals surface area contributed by atoms with Gasteiger partial charge in [-0.05, 0) is 30.7 Å². The highest BCUT2D eigenvalue weighted by atomic mass is 35.5. The van der Waals surface area contributed by atoms with Crippen LogP contribution in [0.4, 0.5) is 5.69 Å². The highest BCUT2D eigenvalue weighted by Crippen LogP contribution is 2.25. The first-order valence-electron chi connectivity index (χ1n) is 7.93. The summed E-state index contributed by atoms with van der Waals surface area (Å²) in [6, 6.07) is 15.2. The third-order valence-electron chi connectivity index (χ3n) is 4.25. The Labute approximate surface area is 146 Å². The Hall–Kier alpha value is -2.33. The summed E-state index contributed by atoms with van der Waals surface area (Å²) in [7, 11) is 0. The molecule has 24 heavy (non-hydrogen) atoms. The van der Waals surface area contributed by atoms with E-state index in [1.54, 1.807) is 11.0 Å². The molecule has 4 nitrogen and oxygen atoms in total. The molecular weight excluding hydrogens is 324 g/mol. The fraction of sp³-hybridized carbons (Fsp3) is 0.263. The van der Waals surface area contributed by atoms with E-state index in [-0.39, 0.29) is 24.2 Å². The van der Waals surface area contributed by atoms with E-state index in [9.17, 15) is 9.59 Å². The van der Waals surface area contributed by atoms with Gasteiger partial charge in [0.1, 0.15) is 0 Å². The highest BCUT2D eigenvalue weighted by Gasteiger charge is 2.34. The molecule has 1 atom stereocenters. The molecule has 1 saturated heterocycles. The molecule has 1 N–H and O–H groups in total. The molecule has 1 aliphatic rings. The number of hydrogen-bond acceptors (Lipinski definition) is 2. The number of rotatable bonds is 4. The van der Waals surface area contributed by atoms with Crippen LogP contribution in [0.1, 0.15) is 17.5 Å². The van der Waals surface area contributed by atoms with Gasteiger partial charge in [-0.15, -0.1) is 0 Å². The number of nitrogens with one attached hydrogen (secondary N) is 1. The molecule has 0 saturated carbocycles. The number of carbonyl (C=O) groups is 2. The average Bonchev–Trinajstić information content (AvgIpc) is 2.96. The molecule has 3 rings (SSSR count). The van der Waals surface area contributed by atoms with Gasteiger partial charge in [-0.25, -0.2) is 0 Å². The van der Waals surface area contributed by atoms with Gasteiger partial charge in [0.25, 0.3) is 0 Å². The second kappa shape index (κ2) is 7.05. The van der Waals surface area contributed by atoms with Gasteiger partial charge in [0.15, 0.2) is 0 Å². The molecule has 0 radical (unpaired) electrons. The predicted molar refractivity (Wildman–Crippen MR) is 94.9 cm³/mol. The molecular formula is C19H19ClN2O2. The molecule has 2 aromatic rings. The second-order valence-electron chi connectivity index (χ2n) is 6.05. The van der Waals surface area contributed by atoms with Crippen molar-refractivity contribution in [2.75, 3.05) is 11.4 Å². The molecule has 1 heterocycles. The quantitative estimate of drug-likeness (QED) is 0.926. The lowest BCUT2D eigenvalue weighted by Crippen LogP contribution is -2.32. The van der Waals surface area contributed by atoms with Crippen LogP contribution in [0.5, 0.6) is 0 Å². The summed E-state index contributed by atoms with van der Waals surface area (Å²) in [5.41, 5.74) is 2.85. The van der Waals surface area contributed by atoms with E-state index in [2.05, 4.69) is 5.32 Å². The standard InChI is InChI=1S/C19H19ClN2O2/c1-13-6-8-16(9-7-13)22-12-15(10-18(22)23)19(24)21-11-14-4-2-3-5-17(14)20/h2-9,15H,10-12H2,1H3,(H,21,24)/t15-/m1/s1. The number of amides is 2. The van der Waals surface area contributed by atoms with Gasteiger partial charge >= 0.3 is 0 Å². The number of hydrogen-bond donors (Lipinski definition) is 1. The maximum absolute atomic E-state index is 12.4. The van der Waals surface area contributed by atoms with Crippen LogP contribution in [0.3, 0.4) is 0 Å². The Morgan fingerprint density at radius 1 is 1.21 bits per heavy atom. The van der Waals surface area contributed by atoms with Crippen molar-refractivity contribution in [3.05, 3.63) is 64.7 Å². The topological polar surface area (TPSA) is 49.4 Å². The van der Waals surface area contributed by atoms with Crippen molar-refractivity contribution in [1.29, 1.82) is 0 Å². The number of halogens is 1. The fourth-order valence-electron chi connectivity index (χ4n) is 2.83. The number of benzene rings is 2. The first-order valence-corrected chi connectivity index (χ1v) is 8.30. The van der Waals surface area contributed by atoms with Crippen LogP contribution >= 0.6 is 11.6 Å². The van der Waals surface area contributed by atoms with Gasteiger partial charge in [-0.3, -0.25) is 9.59 Å². The van der Waals surface area contributed by atoms with Crippen molar-refractivity contribution in [2.45, 2.75) is 19.9 Å². The van der Waals surface area contributed by atoms with Gasteiger partial charge in [-0.2, -0.15) is 0 Å². The maximum atomic E-state index is 12.4. The Balaban J connectivity index is 1.62. The summed E-state index contributed by atoms with van der Waals surface area (Å²) in [5.74, 6) is -0.462. The van der Waals surface area contributed by atoms with Gasteiger partial charge in [0.2, 0.25) is 11.8 Å². The SMILES string of the molecule is Cc1ccc(N2C[C@H](C(=O)NCc3ccccc3Cl)CC2=O)cc1. The van der Waals surface area contributed by atoms with E-state index in [1.165, 1.54) is 0 Å². The fourth-order valence-corrected chi connectivity index (χ4v) is 3.03. The Bertz CT molecular complexity index is 758. The lowest BCUT2D eigenvalue weighted by Gasteiger charge is -2.17. The minimum absolute atomic E-state index is 0.0169. The molecule has 0 spiro atoms. The molecule has 1 fully saturated rings. The molecule has 124 valence electrons. The van der Waals surface area contributed by atoms with Gasteiger partial charge in [0, 0.05) is 30.2 Å². The minimum atomic E-state index is -0.332. The number of anilines is 1. The molecule has 0 unspecified atom stereocenters. The normalized spacial score (nSPS) is 17.2. The monoisotopic (exact) mass is 342 g/mol. The molecule has 0 aliphatic carbocycles. The van der Waals surface area contributed by atoms with Gasteiger partial charge in [0.05, 0.1) is 5.92 Å². The molecule has 5 heteroatoms. The smallest absolute Gasteiger partial charge is 0.227 e. The first-order chi connectivity index (χ1) is 11.5. The van der Waals surface area contributed by atoms with Crippen molar-refractivity contribution >= 4 is 29.1 Å². The van der Waals surface area contributed by atoms with Crippen LogP contribution in [-0.2, 0) is 16.1 Å². The van der Waals surface area contributed by atoms with Crippen molar-refractivity contribution in [3.63, 3.8) is 0 Å². The lowest BCUT2D eigenvalue weighted by atomic mass is 10.1. The highest BCUT2D eigenvalue weighted by molar-refractivity contribution is 6.31.